The van der Waals surface area contributed by atoms with E-state index in [1.54, 1.807) is 18.2 Å². The molecule has 1 saturated heterocycles. The van der Waals surface area contributed by atoms with Crippen LogP contribution in [0.1, 0.15) is 26.2 Å². The number of carbonyl (C=O) groups is 1. The van der Waals surface area contributed by atoms with Crippen LogP contribution in [0.3, 0.4) is 0 Å². The Morgan fingerprint density at radius 3 is 3.00 bits per heavy atom. The molecule has 6 heteroatoms. The first-order chi connectivity index (χ1) is 10.5. The molecule has 0 spiro atoms. The molecule has 1 aliphatic heterocycles. The van der Waals surface area contributed by atoms with Crippen LogP contribution in [0, 0.1) is 5.92 Å². The van der Waals surface area contributed by atoms with E-state index in [2.05, 4.69) is 0 Å². The predicted molar refractivity (Wildman–Crippen MR) is 89.5 cm³/mol. The van der Waals surface area contributed by atoms with E-state index in [1.165, 1.54) is 0 Å². The average molecular weight is 345 g/mol. The minimum atomic E-state index is 0.100. The van der Waals surface area contributed by atoms with Gasteiger partial charge in [0.15, 0.2) is 0 Å². The maximum atomic E-state index is 12.3. The molecule has 1 aromatic carbocycles. The zero-order valence-corrected chi connectivity index (χ0v) is 14.2. The fourth-order valence-corrected chi connectivity index (χ4v) is 3.01. The largest absolute Gasteiger partial charge is 0.491 e. The summed E-state index contributed by atoms with van der Waals surface area (Å²) in [5.74, 6) is 0.999. The third-order valence-electron chi connectivity index (χ3n) is 4.04. The van der Waals surface area contributed by atoms with Gasteiger partial charge < -0.3 is 15.4 Å². The van der Waals surface area contributed by atoms with Crippen LogP contribution in [0.25, 0.3) is 0 Å². The van der Waals surface area contributed by atoms with E-state index in [0.717, 1.165) is 25.9 Å². The van der Waals surface area contributed by atoms with Crippen molar-refractivity contribution in [3.05, 3.63) is 28.2 Å². The molecule has 1 fully saturated rings. The number of ether oxygens (including phenoxy) is 1. The van der Waals surface area contributed by atoms with Crippen LogP contribution < -0.4 is 10.5 Å². The molecule has 2 rings (SSSR count). The number of amides is 1. The van der Waals surface area contributed by atoms with Crippen molar-refractivity contribution in [3.63, 3.8) is 0 Å². The second kappa shape index (κ2) is 8.04. The molecular weight excluding hydrogens is 323 g/mol. The lowest BCUT2D eigenvalue weighted by atomic mass is 9.92. The number of hydrogen-bond donors (Lipinski definition) is 1. The van der Waals surface area contributed by atoms with Gasteiger partial charge in [-0.1, -0.05) is 29.3 Å². The Balaban J connectivity index is 1.81. The number of benzene rings is 1. The molecule has 1 heterocycles. The van der Waals surface area contributed by atoms with Gasteiger partial charge in [-0.3, -0.25) is 4.79 Å². The van der Waals surface area contributed by atoms with Crippen molar-refractivity contribution in [3.8, 4) is 5.75 Å². The molecule has 0 aliphatic carbocycles. The lowest BCUT2D eigenvalue weighted by Crippen LogP contribution is -2.45. The summed E-state index contributed by atoms with van der Waals surface area (Å²) in [5, 5.41) is 0.827. The molecule has 2 unspecified atom stereocenters. The zero-order chi connectivity index (χ0) is 16.1. The molecule has 1 aromatic rings. The molecule has 2 atom stereocenters. The molecule has 1 amide bonds. The monoisotopic (exact) mass is 344 g/mol. The van der Waals surface area contributed by atoms with E-state index >= 15 is 0 Å². The number of piperidine rings is 1. The van der Waals surface area contributed by atoms with Crippen molar-refractivity contribution in [1.29, 1.82) is 0 Å². The van der Waals surface area contributed by atoms with Crippen molar-refractivity contribution >= 4 is 29.1 Å². The Bertz CT molecular complexity index is 523. The smallest absolute Gasteiger partial charge is 0.226 e. The Kier molecular flexibility index (Phi) is 6.36. The maximum absolute atomic E-state index is 12.3. The summed E-state index contributed by atoms with van der Waals surface area (Å²) in [5.41, 5.74) is 5.95. The van der Waals surface area contributed by atoms with Gasteiger partial charge in [-0.2, -0.15) is 0 Å². The standard InChI is InChI=1S/C16H22Cl2N2O2/c1-11(19)12-4-3-8-20(10-12)15(21)7-9-22-14-6-2-5-13(17)16(14)18/h2,5-6,11-12H,3-4,7-10,19H2,1H3. The van der Waals surface area contributed by atoms with E-state index in [1.807, 2.05) is 11.8 Å². The Morgan fingerprint density at radius 1 is 1.50 bits per heavy atom. The first-order valence-corrected chi connectivity index (χ1v) is 8.34. The van der Waals surface area contributed by atoms with Gasteiger partial charge >= 0.3 is 0 Å². The van der Waals surface area contributed by atoms with Gasteiger partial charge in [0.05, 0.1) is 18.1 Å². The van der Waals surface area contributed by atoms with Crippen molar-refractivity contribution in [2.45, 2.75) is 32.2 Å². The van der Waals surface area contributed by atoms with Crippen molar-refractivity contribution in [2.24, 2.45) is 11.7 Å². The SMILES string of the molecule is CC(N)C1CCCN(C(=O)CCOc2cccc(Cl)c2Cl)C1. The molecule has 0 aromatic heterocycles. The number of carbonyl (C=O) groups excluding carboxylic acids is 1. The Labute approximate surface area is 141 Å². The number of rotatable bonds is 5. The fourth-order valence-electron chi connectivity index (χ4n) is 2.67. The molecule has 1 aliphatic rings. The topological polar surface area (TPSA) is 55.6 Å². The predicted octanol–water partition coefficient (Wildman–Crippen LogP) is 3.35. The highest BCUT2D eigenvalue weighted by molar-refractivity contribution is 6.42. The molecule has 122 valence electrons. The second-order valence-corrected chi connectivity index (χ2v) is 6.54. The quantitative estimate of drug-likeness (QED) is 0.890. The lowest BCUT2D eigenvalue weighted by molar-refractivity contribution is -0.133. The molecule has 0 saturated carbocycles. The average Bonchev–Trinajstić information content (AvgIpc) is 2.51. The first-order valence-electron chi connectivity index (χ1n) is 7.59. The van der Waals surface area contributed by atoms with Crippen LogP contribution in [0.4, 0.5) is 0 Å². The number of hydrogen-bond acceptors (Lipinski definition) is 3. The summed E-state index contributed by atoms with van der Waals surface area (Å²) >= 11 is 12.0. The van der Waals surface area contributed by atoms with E-state index in [0.29, 0.717) is 28.1 Å². The zero-order valence-electron chi connectivity index (χ0n) is 12.7. The summed E-state index contributed by atoms with van der Waals surface area (Å²) in [6.45, 7) is 3.84. The summed E-state index contributed by atoms with van der Waals surface area (Å²) < 4.78 is 5.56. The van der Waals surface area contributed by atoms with Crippen LogP contribution in [0.2, 0.25) is 10.0 Å². The number of nitrogens with zero attached hydrogens (tertiary/aromatic N) is 1. The van der Waals surface area contributed by atoms with E-state index < -0.39 is 0 Å². The minimum absolute atomic E-state index is 0.100. The first kappa shape index (κ1) is 17.4. The third-order valence-corrected chi connectivity index (χ3v) is 4.85. The van der Waals surface area contributed by atoms with E-state index in [9.17, 15) is 4.79 Å². The van der Waals surface area contributed by atoms with Gasteiger partial charge in [0.1, 0.15) is 10.8 Å². The molecule has 0 radical (unpaired) electrons. The van der Waals surface area contributed by atoms with Crippen molar-refractivity contribution in [2.75, 3.05) is 19.7 Å². The number of likely N-dealkylation sites (tertiary alicyclic amines) is 1. The summed E-state index contributed by atoms with van der Waals surface area (Å²) in [6.07, 6.45) is 2.43. The van der Waals surface area contributed by atoms with E-state index in [4.69, 9.17) is 33.7 Å². The highest BCUT2D eigenvalue weighted by Gasteiger charge is 2.25. The summed E-state index contributed by atoms with van der Waals surface area (Å²) in [6, 6.07) is 5.33. The van der Waals surface area contributed by atoms with Crippen LogP contribution in [0.5, 0.6) is 5.75 Å². The van der Waals surface area contributed by atoms with Gasteiger partial charge in [-0.15, -0.1) is 0 Å². The Morgan fingerprint density at radius 2 is 2.27 bits per heavy atom. The second-order valence-electron chi connectivity index (χ2n) is 5.75. The van der Waals surface area contributed by atoms with Crippen molar-refractivity contribution in [1.82, 2.24) is 4.90 Å². The van der Waals surface area contributed by atoms with Crippen LogP contribution in [-0.2, 0) is 4.79 Å². The van der Waals surface area contributed by atoms with Gasteiger partial charge in [-0.05, 0) is 37.8 Å². The third kappa shape index (κ3) is 4.51. The molecule has 22 heavy (non-hydrogen) atoms. The molecule has 4 nitrogen and oxygen atoms in total. The number of nitrogens with two attached hydrogens (primary N) is 1. The summed E-state index contributed by atoms with van der Waals surface area (Å²) in [4.78, 5) is 14.1. The van der Waals surface area contributed by atoms with Crippen LogP contribution in [0.15, 0.2) is 18.2 Å². The van der Waals surface area contributed by atoms with Crippen LogP contribution >= 0.6 is 23.2 Å². The van der Waals surface area contributed by atoms with Crippen molar-refractivity contribution < 1.29 is 9.53 Å². The highest BCUT2D eigenvalue weighted by atomic mass is 35.5. The fraction of sp³-hybridized carbons (Fsp3) is 0.562. The molecular formula is C16H22Cl2N2O2. The molecule has 2 N–H and O–H groups in total. The summed E-state index contributed by atoms with van der Waals surface area (Å²) in [7, 11) is 0. The van der Waals surface area contributed by atoms with E-state index in [-0.39, 0.29) is 18.6 Å². The van der Waals surface area contributed by atoms with Gasteiger partial charge in [-0.25, -0.2) is 0 Å². The van der Waals surface area contributed by atoms with Crippen LogP contribution in [-0.4, -0.2) is 36.5 Å². The molecule has 0 bridgehead atoms. The van der Waals surface area contributed by atoms with Gasteiger partial charge in [0.25, 0.3) is 0 Å². The van der Waals surface area contributed by atoms with Gasteiger partial charge in [0, 0.05) is 19.1 Å². The number of halogens is 2. The highest BCUT2D eigenvalue weighted by Crippen LogP contribution is 2.31. The minimum Gasteiger partial charge on any atom is -0.491 e. The maximum Gasteiger partial charge on any atom is 0.226 e. The van der Waals surface area contributed by atoms with Gasteiger partial charge in [0.2, 0.25) is 5.91 Å². The lowest BCUT2D eigenvalue weighted by Gasteiger charge is -2.34. The normalized spacial score (nSPS) is 19.8. The Hall–Kier alpha value is -0.970.